The van der Waals surface area contributed by atoms with Gasteiger partial charge in [-0.15, -0.1) is 0 Å². The molecule has 0 aliphatic carbocycles. The van der Waals surface area contributed by atoms with E-state index in [4.69, 9.17) is 0 Å². The molecular weight excluding hydrogens is 278 g/mol. The summed E-state index contributed by atoms with van der Waals surface area (Å²) < 4.78 is 26.3. The van der Waals surface area contributed by atoms with Gasteiger partial charge in [-0.05, 0) is 17.7 Å². The molecule has 1 heterocycles. The average molecular weight is 297 g/mol. The maximum Gasteiger partial charge on any atom is 0.243 e. The highest BCUT2D eigenvalue weighted by molar-refractivity contribution is 7.89. The van der Waals surface area contributed by atoms with Crippen molar-refractivity contribution >= 4 is 15.9 Å². The van der Waals surface area contributed by atoms with Crippen molar-refractivity contribution in [3.05, 3.63) is 29.8 Å². The van der Waals surface area contributed by atoms with E-state index in [9.17, 15) is 13.2 Å². The summed E-state index contributed by atoms with van der Waals surface area (Å²) in [6, 6.07) is 6.64. The van der Waals surface area contributed by atoms with Crippen LogP contribution in [0.15, 0.2) is 29.2 Å². The van der Waals surface area contributed by atoms with Crippen LogP contribution in [0.5, 0.6) is 0 Å². The highest BCUT2D eigenvalue weighted by Crippen LogP contribution is 2.16. The molecule has 0 atom stereocenters. The van der Waals surface area contributed by atoms with Crippen molar-refractivity contribution in [1.82, 2.24) is 14.9 Å². The summed E-state index contributed by atoms with van der Waals surface area (Å²) >= 11 is 0. The van der Waals surface area contributed by atoms with Gasteiger partial charge < -0.3 is 10.6 Å². The van der Waals surface area contributed by atoms with E-state index in [0.717, 1.165) is 5.56 Å². The van der Waals surface area contributed by atoms with Gasteiger partial charge in [-0.1, -0.05) is 12.1 Å². The van der Waals surface area contributed by atoms with Crippen molar-refractivity contribution in [2.75, 3.05) is 26.2 Å². The number of benzene rings is 1. The molecule has 110 valence electrons. The van der Waals surface area contributed by atoms with Crippen LogP contribution < -0.4 is 10.6 Å². The lowest BCUT2D eigenvalue weighted by Crippen LogP contribution is -2.46. The highest BCUT2D eigenvalue weighted by atomic mass is 32.2. The molecule has 0 spiro atoms. The Labute approximate surface area is 119 Å². The Balaban J connectivity index is 2.10. The number of hydrogen-bond donors (Lipinski definition) is 2. The molecule has 0 radical (unpaired) electrons. The van der Waals surface area contributed by atoms with Gasteiger partial charge in [0.1, 0.15) is 0 Å². The summed E-state index contributed by atoms with van der Waals surface area (Å²) in [5, 5.41) is 5.80. The van der Waals surface area contributed by atoms with Gasteiger partial charge >= 0.3 is 0 Å². The van der Waals surface area contributed by atoms with Gasteiger partial charge in [-0.2, -0.15) is 4.31 Å². The largest absolute Gasteiger partial charge is 0.352 e. The van der Waals surface area contributed by atoms with Crippen LogP contribution in [0.1, 0.15) is 12.5 Å². The molecule has 1 aliphatic rings. The first-order valence-corrected chi connectivity index (χ1v) is 7.98. The van der Waals surface area contributed by atoms with E-state index in [-0.39, 0.29) is 5.91 Å². The summed E-state index contributed by atoms with van der Waals surface area (Å²) in [6.07, 6.45) is 0. The van der Waals surface area contributed by atoms with E-state index in [2.05, 4.69) is 10.6 Å². The molecule has 0 bridgehead atoms. The number of hydrogen-bond acceptors (Lipinski definition) is 4. The van der Waals surface area contributed by atoms with Crippen LogP contribution in [0.25, 0.3) is 0 Å². The van der Waals surface area contributed by atoms with E-state index in [0.29, 0.717) is 37.6 Å². The normalized spacial score (nSPS) is 16.9. The van der Waals surface area contributed by atoms with Crippen LogP contribution in [-0.4, -0.2) is 44.8 Å². The number of nitrogens with one attached hydrogen (secondary N) is 2. The fraction of sp³-hybridized carbons (Fsp3) is 0.462. The standard InChI is InChI=1S/C13H19N3O3S/c1-11(17)15-10-12-2-4-13(5-3-12)20(18,19)16-8-6-14-7-9-16/h2-5,14H,6-10H2,1H3,(H,15,17). The zero-order chi connectivity index (χ0) is 14.6. The van der Waals surface area contributed by atoms with Crippen LogP contribution in [0.3, 0.4) is 0 Å². The van der Waals surface area contributed by atoms with Gasteiger partial charge in [0.2, 0.25) is 15.9 Å². The Bertz CT molecular complexity index is 563. The molecule has 7 heteroatoms. The Morgan fingerprint density at radius 1 is 1.25 bits per heavy atom. The monoisotopic (exact) mass is 297 g/mol. The number of rotatable bonds is 4. The van der Waals surface area contributed by atoms with Crippen molar-refractivity contribution in [2.45, 2.75) is 18.4 Å². The van der Waals surface area contributed by atoms with Crippen LogP contribution in [-0.2, 0) is 21.4 Å². The summed E-state index contributed by atoms with van der Waals surface area (Å²) in [5.74, 6) is -0.109. The predicted octanol–water partition coefficient (Wildman–Crippen LogP) is -0.0834. The number of sulfonamides is 1. The molecule has 6 nitrogen and oxygen atoms in total. The van der Waals surface area contributed by atoms with Crippen LogP contribution in [0.2, 0.25) is 0 Å². The first-order valence-electron chi connectivity index (χ1n) is 6.54. The summed E-state index contributed by atoms with van der Waals surface area (Å²) in [4.78, 5) is 11.1. The van der Waals surface area contributed by atoms with E-state index >= 15 is 0 Å². The van der Waals surface area contributed by atoms with Gasteiger partial charge in [0.25, 0.3) is 0 Å². The minimum absolute atomic E-state index is 0.109. The number of carbonyl (C=O) groups is 1. The van der Waals surface area contributed by atoms with Gasteiger partial charge in [0, 0.05) is 39.6 Å². The number of nitrogens with zero attached hydrogens (tertiary/aromatic N) is 1. The van der Waals surface area contributed by atoms with Crippen molar-refractivity contribution in [3.63, 3.8) is 0 Å². The fourth-order valence-electron chi connectivity index (χ4n) is 2.04. The van der Waals surface area contributed by atoms with Crippen LogP contribution in [0.4, 0.5) is 0 Å². The second-order valence-corrected chi connectivity index (χ2v) is 6.65. The zero-order valence-electron chi connectivity index (χ0n) is 11.4. The lowest BCUT2D eigenvalue weighted by atomic mass is 10.2. The first-order chi connectivity index (χ1) is 9.50. The summed E-state index contributed by atoms with van der Waals surface area (Å²) in [6.45, 7) is 4.21. The van der Waals surface area contributed by atoms with Gasteiger partial charge in [0.15, 0.2) is 0 Å². The van der Waals surface area contributed by atoms with Crippen molar-refractivity contribution in [3.8, 4) is 0 Å². The Kier molecular flexibility index (Phi) is 4.74. The number of carbonyl (C=O) groups excluding carboxylic acids is 1. The summed E-state index contributed by atoms with van der Waals surface area (Å²) in [5.41, 5.74) is 0.875. The Morgan fingerprint density at radius 3 is 2.40 bits per heavy atom. The molecule has 1 saturated heterocycles. The molecule has 0 aromatic heterocycles. The molecule has 1 aliphatic heterocycles. The maximum absolute atomic E-state index is 12.4. The van der Waals surface area contributed by atoms with Gasteiger partial charge in [-0.3, -0.25) is 4.79 Å². The molecule has 20 heavy (non-hydrogen) atoms. The topological polar surface area (TPSA) is 78.5 Å². The molecule has 0 saturated carbocycles. The number of piperazine rings is 1. The number of amides is 1. The van der Waals surface area contributed by atoms with E-state index in [1.165, 1.54) is 11.2 Å². The second-order valence-electron chi connectivity index (χ2n) is 4.71. The van der Waals surface area contributed by atoms with Crippen LogP contribution >= 0.6 is 0 Å². The minimum atomic E-state index is -3.40. The molecule has 2 rings (SSSR count). The predicted molar refractivity (Wildman–Crippen MR) is 75.6 cm³/mol. The third-order valence-corrected chi connectivity index (χ3v) is 5.09. The third kappa shape index (κ3) is 3.56. The third-order valence-electron chi connectivity index (χ3n) is 3.18. The molecule has 1 fully saturated rings. The molecule has 1 aromatic carbocycles. The molecule has 0 unspecified atom stereocenters. The lowest BCUT2D eigenvalue weighted by Gasteiger charge is -2.26. The van der Waals surface area contributed by atoms with E-state index in [1.807, 2.05) is 0 Å². The smallest absolute Gasteiger partial charge is 0.243 e. The fourth-order valence-corrected chi connectivity index (χ4v) is 3.48. The van der Waals surface area contributed by atoms with E-state index in [1.54, 1.807) is 24.3 Å². The summed E-state index contributed by atoms with van der Waals surface area (Å²) in [7, 11) is -3.40. The maximum atomic E-state index is 12.4. The Morgan fingerprint density at radius 2 is 1.85 bits per heavy atom. The lowest BCUT2D eigenvalue weighted by molar-refractivity contribution is -0.119. The molecule has 2 N–H and O–H groups in total. The minimum Gasteiger partial charge on any atom is -0.352 e. The Hall–Kier alpha value is -1.44. The van der Waals surface area contributed by atoms with Crippen molar-refractivity contribution in [1.29, 1.82) is 0 Å². The SMILES string of the molecule is CC(=O)NCc1ccc(S(=O)(=O)N2CCNCC2)cc1. The van der Waals surface area contributed by atoms with Crippen molar-refractivity contribution < 1.29 is 13.2 Å². The average Bonchev–Trinajstić information content (AvgIpc) is 2.46. The molecule has 1 amide bonds. The zero-order valence-corrected chi connectivity index (χ0v) is 12.2. The second kappa shape index (κ2) is 6.34. The van der Waals surface area contributed by atoms with E-state index < -0.39 is 10.0 Å². The van der Waals surface area contributed by atoms with Gasteiger partial charge in [-0.25, -0.2) is 8.42 Å². The molecule has 1 aromatic rings. The van der Waals surface area contributed by atoms with Crippen molar-refractivity contribution in [2.24, 2.45) is 0 Å². The van der Waals surface area contributed by atoms with Crippen LogP contribution in [0, 0.1) is 0 Å². The molecular formula is C13H19N3O3S. The quantitative estimate of drug-likeness (QED) is 0.814. The first kappa shape index (κ1) is 15.0. The highest BCUT2D eigenvalue weighted by Gasteiger charge is 2.25. The van der Waals surface area contributed by atoms with Gasteiger partial charge in [0.05, 0.1) is 4.90 Å².